The molecule has 2 rings (SSSR count). The van der Waals surface area contributed by atoms with Gasteiger partial charge in [0, 0.05) is 12.1 Å². The molecular formula is C10H18N6O. The molecule has 0 radical (unpaired) electrons. The van der Waals surface area contributed by atoms with Crippen LogP contribution in [0.15, 0.2) is 6.33 Å². The van der Waals surface area contributed by atoms with Crippen LogP contribution < -0.4 is 11.1 Å². The van der Waals surface area contributed by atoms with Crippen LogP contribution in [-0.2, 0) is 11.3 Å². The van der Waals surface area contributed by atoms with Crippen LogP contribution >= 0.6 is 0 Å². The first-order valence-electron chi connectivity index (χ1n) is 5.94. The van der Waals surface area contributed by atoms with E-state index in [0.29, 0.717) is 6.54 Å². The molecule has 1 aromatic heterocycles. The smallest absolute Gasteiger partial charge is 0.241 e. The Labute approximate surface area is 99.7 Å². The zero-order valence-electron chi connectivity index (χ0n) is 9.80. The first-order valence-corrected chi connectivity index (χ1v) is 5.94. The van der Waals surface area contributed by atoms with Crippen LogP contribution in [0.2, 0.25) is 0 Å². The summed E-state index contributed by atoms with van der Waals surface area (Å²) >= 11 is 0. The van der Waals surface area contributed by atoms with Gasteiger partial charge in [0.25, 0.3) is 0 Å². The molecule has 1 amide bonds. The highest BCUT2D eigenvalue weighted by Gasteiger charge is 2.27. The van der Waals surface area contributed by atoms with E-state index >= 15 is 0 Å². The van der Waals surface area contributed by atoms with Crippen LogP contribution in [0.1, 0.15) is 32.1 Å². The van der Waals surface area contributed by atoms with Crippen LogP contribution in [0.25, 0.3) is 0 Å². The molecule has 0 unspecified atom stereocenters. The highest BCUT2D eigenvalue weighted by molar-refractivity contribution is 5.75. The van der Waals surface area contributed by atoms with E-state index in [4.69, 9.17) is 5.73 Å². The molecule has 17 heavy (non-hydrogen) atoms. The van der Waals surface area contributed by atoms with Crippen molar-refractivity contribution < 1.29 is 4.79 Å². The summed E-state index contributed by atoms with van der Waals surface area (Å²) in [5.74, 6) is -0.104. The molecule has 7 nitrogen and oxygen atoms in total. The standard InChI is InChI=1S/C10H18N6O/c11-10(4-2-1-3-5-10)7-12-9(17)6-16-8-13-14-15-16/h8H,1-7,11H2,(H,12,17). The third kappa shape index (κ3) is 3.48. The predicted molar refractivity (Wildman–Crippen MR) is 60.8 cm³/mol. The number of hydrogen-bond donors (Lipinski definition) is 2. The van der Waals surface area contributed by atoms with Crippen molar-refractivity contribution in [2.24, 2.45) is 5.73 Å². The van der Waals surface area contributed by atoms with Gasteiger partial charge in [0.2, 0.25) is 5.91 Å². The highest BCUT2D eigenvalue weighted by Crippen LogP contribution is 2.24. The second-order valence-corrected chi connectivity index (χ2v) is 4.71. The van der Waals surface area contributed by atoms with Gasteiger partial charge in [-0.05, 0) is 23.3 Å². The molecule has 7 heteroatoms. The number of aromatic nitrogens is 4. The van der Waals surface area contributed by atoms with Gasteiger partial charge in [-0.1, -0.05) is 19.3 Å². The van der Waals surface area contributed by atoms with E-state index in [-0.39, 0.29) is 18.0 Å². The zero-order valence-corrected chi connectivity index (χ0v) is 9.80. The maximum absolute atomic E-state index is 11.6. The van der Waals surface area contributed by atoms with Crippen LogP contribution in [0, 0.1) is 0 Å². The monoisotopic (exact) mass is 238 g/mol. The molecule has 0 atom stereocenters. The van der Waals surface area contributed by atoms with E-state index in [1.807, 2.05) is 0 Å². The van der Waals surface area contributed by atoms with Crippen molar-refractivity contribution in [1.82, 2.24) is 25.5 Å². The molecule has 1 aromatic rings. The van der Waals surface area contributed by atoms with Gasteiger partial charge >= 0.3 is 0 Å². The summed E-state index contributed by atoms with van der Waals surface area (Å²) in [6.45, 7) is 0.678. The fourth-order valence-electron chi connectivity index (χ4n) is 2.16. The van der Waals surface area contributed by atoms with E-state index in [0.717, 1.165) is 25.7 Å². The molecular weight excluding hydrogens is 220 g/mol. The summed E-state index contributed by atoms with van der Waals surface area (Å²) in [6.07, 6.45) is 6.94. The summed E-state index contributed by atoms with van der Waals surface area (Å²) in [5, 5.41) is 13.4. The molecule has 94 valence electrons. The number of carbonyl (C=O) groups excluding carboxylic acids is 1. The lowest BCUT2D eigenvalue weighted by atomic mass is 9.82. The van der Waals surface area contributed by atoms with Crippen molar-refractivity contribution in [3.63, 3.8) is 0 Å². The second-order valence-electron chi connectivity index (χ2n) is 4.71. The maximum Gasteiger partial charge on any atom is 0.241 e. The average molecular weight is 238 g/mol. The molecule has 0 aliphatic heterocycles. The van der Waals surface area contributed by atoms with Gasteiger partial charge in [-0.25, -0.2) is 4.68 Å². The van der Waals surface area contributed by atoms with Crippen molar-refractivity contribution in [2.45, 2.75) is 44.2 Å². The van der Waals surface area contributed by atoms with Gasteiger partial charge in [0.05, 0.1) is 0 Å². The normalized spacial score (nSPS) is 18.9. The fourth-order valence-corrected chi connectivity index (χ4v) is 2.16. The first-order chi connectivity index (χ1) is 8.18. The molecule has 1 aliphatic carbocycles. The summed E-state index contributed by atoms with van der Waals surface area (Å²) in [4.78, 5) is 11.6. The molecule has 0 aromatic carbocycles. The van der Waals surface area contributed by atoms with Crippen molar-refractivity contribution in [1.29, 1.82) is 0 Å². The Morgan fingerprint density at radius 2 is 2.18 bits per heavy atom. The number of tetrazole rings is 1. The Morgan fingerprint density at radius 3 is 2.82 bits per heavy atom. The van der Waals surface area contributed by atoms with Crippen molar-refractivity contribution in [3.8, 4) is 0 Å². The minimum absolute atomic E-state index is 0.104. The summed E-state index contributed by atoms with van der Waals surface area (Å²) in [6, 6.07) is 0. The van der Waals surface area contributed by atoms with E-state index in [2.05, 4.69) is 20.8 Å². The van der Waals surface area contributed by atoms with Crippen LogP contribution in [0.3, 0.4) is 0 Å². The highest BCUT2D eigenvalue weighted by atomic mass is 16.2. The minimum atomic E-state index is -0.228. The summed E-state index contributed by atoms with van der Waals surface area (Å²) in [5.41, 5.74) is 5.99. The predicted octanol–water partition coefficient (Wildman–Crippen LogP) is -0.549. The fraction of sp³-hybridized carbons (Fsp3) is 0.800. The van der Waals surface area contributed by atoms with Crippen molar-refractivity contribution in [3.05, 3.63) is 6.33 Å². The second kappa shape index (κ2) is 5.22. The molecule has 0 saturated heterocycles. The Hall–Kier alpha value is -1.50. The van der Waals surface area contributed by atoms with Crippen molar-refractivity contribution >= 4 is 5.91 Å². The number of nitrogens with zero attached hydrogens (tertiary/aromatic N) is 4. The first kappa shape index (κ1) is 12.0. The molecule has 1 fully saturated rings. The minimum Gasteiger partial charge on any atom is -0.353 e. The molecule has 1 saturated carbocycles. The molecule has 0 bridgehead atoms. The lowest BCUT2D eigenvalue weighted by Crippen LogP contribution is -2.51. The van der Waals surface area contributed by atoms with Crippen molar-refractivity contribution in [2.75, 3.05) is 6.54 Å². The summed E-state index contributed by atoms with van der Waals surface area (Å²) in [7, 11) is 0. The number of hydrogen-bond acceptors (Lipinski definition) is 5. The van der Waals surface area contributed by atoms with Crippen LogP contribution in [0.5, 0.6) is 0 Å². The van der Waals surface area contributed by atoms with E-state index in [9.17, 15) is 4.79 Å². The van der Waals surface area contributed by atoms with E-state index in [1.54, 1.807) is 0 Å². The quantitative estimate of drug-likeness (QED) is 0.733. The zero-order chi connectivity index (χ0) is 12.1. The van der Waals surface area contributed by atoms with Gasteiger partial charge in [-0.15, -0.1) is 5.10 Å². The molecule has 3 N–H and O–H groups in total. The number of amides is 1. The van der Waals surface area contributed by atoms with Crippen LogP contribution in [-0.4, -0.2) is 38.2 Å². The number of nitrogens with two attached hydrogens (primary N) is 1. The van der Waals surface area contributed by atoms with E-state index in [1.165, 1.54) is 17.4 Å². The van der Waals surface area contributed by atoms with Gasteiger partial charge in [-0.2, -0.15) is 0 Å². The molecule has 1 heterocycles. The number of carbonyl (C=O) groups is 1. The van der Waals surface area contributed by atoms with E-state index < -0.39 is 0 Å². The molecule has 0 spiro atoms. The topological polar surface area (TPSA) is 98.7 Å². The Morgan fingerprint density at radius 1 is 1.41 bits per heavy atom. The largest absolute Gasteiger partial charge is 0.353 e. The third-order valence-corrected chi connectivity index (χ3v) is 3.18. The Balaban J connectivity index is 1.75. The SMILES string of the molecule is NC1(CNC(=O)Cn2cnnn2)CCCCC1. The van der Waals surface area contributed by atoms with Gasteiger partial charge < -0.3 is 11.1 Å². The maximum atomic E-state index is 11.6. The number of nitrogens with one attached hydrogen (secondary N) is 1. The summed E-state index contributed by atoms with van der Waals surface area (Å²) < 4.78 is 1.39. The van der Waals surface area contributed by atoms with Gasteiger partial charge in [0.1, 0.15) is 12.9 Å². The lowest BCUT2D eigenvalue weighted by Gasteiger charge is -2.33. The third-order valence-electron chi connectivity index (χ3n) is 3.18. The molecule has 1 aliphatic rings. The van der Waals surface area contributed by atoms with Gasteiger partial charge in [-0.3, -0.25) is 4.79 Å². The van der Waals surface area contributed by atoms with Crippen LogP contribution in [0.4, 0.5) is 0 Å². The lowest BCUT2D eigenvalue weighted by molar-refractivity contribution is -0.122. The Kier molecular flexibility index (Phi) is 3.68. The average Bonchev–Trinajstić information content (AvgIpc) is 2.80. The Bertz CT molecular complexity index is 357. The number of rotatable bonds is 4. The van der Waals surface area contributed by atoms with Gasteiger partial charge in [0.15, 0.2) is 0 Å².